The number of halogens is 1. The van der Waals surface area contributed by atoms with Gasteiger partial charge in [-0.3, -0.25) is 9.69 Å². The van der Waals surface area contributed by atoms with Crippen molar-refractivity contribution in [3.8, 4) is 22.9 Å². The highest BCUT2D eigenvalue weighted by Gasteiger charge is 2.15. The van der Waals surface area contributed by atoms with E-state index < -0.39 is 0 Å². The molecule has 0 atom stereocenters. The molecular weight excluding hydrogens is 522 g/mol. The zero-order valence-corrected chi connectivity index (χ0v) is 22.6. The van der Waals surface area contributed by atoms with Gasteiger partial charge in [0.1, 0.15) is 12.4 Å². The summed E-state index contributed by atoms with van der Waals surface area (Å²) in [5.41, 5.74) is 5.97. The topological polar surface area (TPSA) is 73.8 Å². The monoisotopic (exact) mass is 553 g/mol. The van der Waals surface area contributed by atoms with Gasteiger partial charge in [-0.25, -0.2) is 0 Å². The molecule has 0 amide bonds. The van der Waals surface area contributed by atoms with E-state index in [4.69, 9.17) is 14.2 Å². The minimum absolute atomic E-state index is 0.261. The summed E-state index contributed by atoms with van der Waals surface area (Å²) in [4.78, 5) is 22.3. The van der Waals surface area contributed by atoms with Crippen LogP contribution in [0.5, 0.6) is 11.8 Å². The van der Waals surface area contributed by atoms with Gasteiger partial charge in [-0.2, -0.15) is 9.97 Å². The number of hydrogen-bond acceptors (Lipinski definition) is 7. The van der Waals surface area contributed by atoms with Crippen molar-refractivity contribution < 1.29 is 19.0 Å². The van der Waals surface area contributed by atoms with Crippen molar-refractivity contribution in [2.75, 3.05) is 39.5 Å². The van der Waals surface area contributed by atoms with Gasteiger partial charge in [-0.15, -0.1) is 0 Å². The fourth-order valence-corrected chi connectivity index (χ4v) is 4.92. The molecule has 0 aliphatic carbocycles. The van der Waals surface area contributed by atoms with E-state index in [0.717, 1.165) is 78.0 Å². The lowest BCUT2D eigenvalue weighted by Crippen LogP contribution is -2.37. The van der Waals surface area contributed by atoms with Crippen LogP contribution in [0.15, 0.2) is 40.9 Å². The highest BCUT2D eigenvalue weighted by molar-refractivity contribution is 9.10. The van der Waals surface area contributed by atoms with Gasteiger partial charge >= 0.3 is 6.01 Å². The van der Waals surface area contributed by atoms with Crippen LogP contribution in [0.25, 0.3) is 11.1 Å². The second-order valence-corrected chi connectivity index (χ2v) is 9.65. The van der Waals surface area contributed by atoms with Crippen LogP contribution >= 0.6 is 15.9 Å². The van der Waals surface area contributed by atoms with Crippen LogP contribution in [-0.2, 0) is 11.3 Å². The van der Waals surface area contributed by atoms with E-state index in [1.54, 1.807) is 13.8 Å². The SMILES string of the molecule is Cc1nc(OCc2cccc(-c3cccc(OCCCN4CCOCC4)c3C)c2Br)nc(C)c1C=O. The van der Waals surface area contributed by atoms with E-state index >= 15 is 0 Å². The first kappa shape index (κ1) is 26.3. The molecule has 0 unspecified atom stereocenters. The molecule has 3 aromatic rings. The molecule has 0 N–H and O–H groups in total. The van der Waals surface area contributed by atoms with Crippen LogP contribution in [0, 0.1) is 20.8 Å². The Morgan fingerprint density at radius 2 is 1.69 bits per heavy atom. The molecule has 0 spiro atoms. The largest absolute Gasteiger partial charge is 0.493 e. The Balaban J connectivity index is 1.44. The number of rotatable bonds is 10. The summed E-state index contributed by atoms with van der Waals surface area (Å²) in [5, 5.41) is 0. The van der Waals surface area contributed by atoms with E-state index in [1.165, 1.54) is 0 Å². The lowest BCUT2D eigenvalue weighted by atomic mass is 9.98. The third kappa shape index (κ3) is 6.30. The standard InChI is InChI=1S/C28H32BrN3O4/c1-19-23(8-5-10-26(19)35-14-6-11-32-12-15-34-16-13-32)24-9-4-7-22(27(24)29)18-36-28-30-20(2)25(17-33)21(3)31-28/h4-5,7-10,17H,6,11-16,18H2,1-3H3. The highest BCUT2D eigenvalue weighted by Crippen LogP contribution is 2.36. The number of carbonyl (C=O) groups is 1. The van der Waals surface area contributed by atoms with Crippen molar-refractivity contribution >= 4 is 22.2 Å². The summed E-state index contributed by atoms with van der Waals surface area (Å²) < 4.78 is 18.4. The smallest absolute Gasteiger partial charge is 0.317 e. The van der Waals surface area contributed by atoms with Crippen molar-refractivity contribution in [1.82, 2.24) is 14.9 Å². The molecule has 2 heterocycles. The summed E-state index contributed by atoms with van der Waals surface area (Å²) >= 11 is 3.79. The normalized spacial score (nSPS) is 14.0. The molecular formula is C28H32BrN3O4. The molecule has 7 nitrogen and oxygen atoms in total. The van der Waals surface area contributed by atoms with E-state index in [0.29, 0.717) is 30.2 Å². The number of benzene rings is 2. The van der Waals surface area contributed by atoms with Crippen LogP contribution in [0.4, 0.5) is 0 Å². The van der Waals surface area contributed by atoms with Gasteiger partial charge in [0.15, 0.2) is 6.29 Å². The molecule has 36 heavy (non-hydrogen) atoms. The van der Waals surface area contributed by atoms with Crippen molar-refractivity contribution in [3.05, 3.63) is 68.9 Å². The lowest BCUT2D eigenvalue weighted by molar-refractivity contribution is 0.0358. The molecule has 0 radical (unpaired) electrons. The van der Waals surface area contributed by atoms with Crippen molar-refractivity contribution in [2.24, 2.45) is 0 Å². The van der Waals surface area contributed by atoms with Crippen molar-refractivity contribution in [2.45, 2.75) is 33.8 Å². The second kappa shape index (κ2) is 12.4. The lowest BCUT2D eigenvalue weighted by Gasteiger charge is -2.26. The molecule has 1 fully saturated rings. The predicted molar refractivity (Wildman–Crippen MR) is 143 cm³/mol. The number of aryl methyl sites for hydroxylation is 2. The molecule has 1 aliphatic rings. The van der Waals surface area contributed by atoms with Gasteiger partial charge in [-0.05, 0) is 65.9 Å². The van der Waals surface area contributed by atoms with Gasteiger partial charge in [0.25, 0.3) is 0 Å². The Labute approximate surface area is 220 Å². The van der Waals surface area contributed by atoms with E-state index in [2.05, 4.69) is 49.9 Å². The second-order valence-electron chi connectivity index (χ2n) is 8.86. The Kier molecular flexibility index (Phi) is 9.07. The number of aromatic nitrogens is 2. The van der Waals surface area contributed by atoms with Gasteiger partial charge in [-0.1, -0.05) is 30.3 Å². The molecule has 190 valence electrons. The van der Waals surface area contributed by atoms with Crippen LogP contribution in [0.2, 0.25) is 0 Å². The van der Waals surface area contributed by atoms with E-state index in [-0.39, 0.29) is 6.01 Å². The van der Waals surface area contributed by atoms with Gasteiger partial charge in [0, 0.05) is 29.7 Å². The summed E-state index contributed by atoms with van der Waals surface area (Å²) in [6, 6.07) is 12.5. The zero-order valence-electron chi connectivity index (χ0n) is 21.1. The number of hydrogen-bond donors (Lipinski definition) is 0. The third-order valence-electron chi connectivity index (χ3n) is 6.41. The number of ether oxygens (including phenoxy) is 3. The number of aldehydes is 1. The van der Waals surface area contributed by atoms with Gasteiger partial charge in [0.05, 0.1) is 36.8 Å². The quantitative estimate of drug-likeness (QED) is 0.248. The third-order valence-corrected chi connectivity index (χ3v) is 7.35. The molecule has 1 aliphatic heterocycles. The summed E-state index contributed by atoms with van der Waals surface area (Å²) in [6.07, 6.45) is 1.76. The molecule has 8 heteroatoms. The fraction of sp³-hybridized carbons (Fsp3) is 0.393. The molecule has 0 bridgehead atoms. The first-order chi connectivity index (χ1) is 17.5. The first-order valence-electron chi connectivity index (χ1n) is 12.2. The zero-order chi connectivity index (χ0) is 25.5. The van der Waals surface area contributed by atoms with Crippen molar-refractivity contribution in [1.29, 1.82) is 0 Å². The maximum absolute atomic E-state index is 11.2. The molecule has 4 rings (SSSR count). The molecule has 1 saturated heterocycles. The highest BCUT2D eigenvalue weighted by atomic mass is 79.9. The van der Waals surface area contributed by atoms with Crippen LogP contribution in [-0.4, -0.2) is 60.6 Å². The number of carbonyl (C=O) groups excluding carboxylic acids is 1. The summed E-state index contributed by atoms with van der Waals surface area (Å²) in [7, 11) is 0. The van der Waals surface area contributed by atoms with Crippen LogP contribution in [0.1, 0.15) is 39.3 Å². The average Bonchev–Trinajstić information content (AvgIpc) is 2.87. The van der Waals surface area contributed by atoms with Crippen molar-refractivity contribution in [3.63, 3.8) is 0 Å². The number of nitrogens with zero attached hydrogens (tertiary/aromatic N) is 3. The summed E-state index contributed by atoms with van der Waals surface area (Å²) in [6.45, 7) is 11.3. The minimum Gasteiger partial charge on any atom is -0.493 e. The van der Waals surface area contributed by atoms with E-state index in [1.807, 2.05) is 24.3 Å². The van der Waals surface area contributed by atoms with Gasteiger partial charge < -0.3 is 14.2 Å². The maximum Gasteiger partial charge on any atom is 0.317 e. The van der Waals surface area contributed by atoms with Crippen LogP contribution in [0.3, 0.4) is 0 Å². The Bertz CT molecular complexity index is 1190. The Morgan fingerprint density at radius 3 is 2.42 bits per heavy atom. The van der Waals surface area contributed by atoms with Crippen LogP contribution < -0.4 is 9.47 Å². The van der Waals surface area contributed by atoms with E-state index in [9.17, 15) is 4.79 Å². The van der Waals surface area contributed by atoms with Gasteiger partial charge in [0.2, 0.25) is 0 Å². The fourth-order valence-electron chi connectivity index (χ4n) is 4.33. The average molecular weight is 554 g/mol. The number of morpholine rings is 1. The summed E-state index contributed by atoms with van der Waals surface area (Å²) in [5.74, 6) is 0.901. The molecule has 1 aromatic heterocycles. The maximum atomic E-state index is 11.2. The molecule has 0 saturated carbocycles. The Morgan fingerprint density at radius 1 is 1.00 bits per heavy atom. The predicted octanol–water partition coefficient (Wildman–Crippen LogP) is 5.32. The minimum atomic E-state index is 0.261. The molecule has 2 aromatic carbocycles. The Hall–Kier alpha value is -2.81. The first-order valence-corrected chi connectivity index (χ1v) is 13.0.